The Morgan fingerprint density at radius 3 is 2.31 bits per heavy atom. The van der Waals surface area contributed by atoms with Crippen molar-refractivity contribution in [3.05, 3.63) is 10.2 Å². The van der Waals surface area contributed by atoms with Crippen molar-refractivity contribution in [1.82, 2.24) is 5.32 Å². The Labute approximate surface area is 103 Å². The Kier molecular flexibility index (Phi) is 5.29. The highest BCUT2D eigenvalue weighted by atomic mass is 79.9. The van der Waals surface area contributed by atoms with Crippen LogP contribution in [0.1, 0.15) is 20.8 Å². The molecular formula is C9H17BrN4O2. The fourth-order valence-electron chi connectivity index (χ4n) is 0.732. The van der Waals surface area contributed by atoms with Gasteiger partial charge in [0.2, 0.25) is 0 Å². The van der Waals surface area contributed by atoms with Crippen molar-refractivity contribution in [3.8, 4) is 0 Å². The average Bonchev–Trinajstić information content (AvgIpc) is 2.09. The number of amidine groups is 1. The highest BCUT2D eigenvalue weighted by Crippen LogP contribution is 2.08. The SMILES string of the molecule is CC(C)(C)OC(=O)NCC(N)=C(Br)C(=N)N. The molecular weight excluding hydrogens is 276 g/mol. The van der Waals surface area contributed by atoms with E-state index >= 15 is 0 Å². The predicted molar refractivity (Wildman–Crippen MR) is 66.3 cm³/mol. The lowest BCUT2D eigenvalue weighted by Crippen LogP contribution is -2.35. The van der Waals surface area contributed by atoms with E-state index in [1.54, 1.807) is 20.8 Å². The van der Waals surface area contributed by atoms with Crippen molar-refractivity contribution in [2.75, 3.05) is 6.54 Å². The topological polar surface area (TPSA) is 114 Å². The number of hydrogen-bond acceptors (Lipinski definition) is 4. The van der Waals surface area contributed by atoms with Crippen LogP contribution in [-0.2, 0) is 4.74 Å². The second kappa shape index (κ2) is 5.74. The molecule has 0 aliphatic heterocycles. The minimum Gasteiger partial charge on any atom is -0.444 e. The molecule has 0 aliphatic rings. The summed E-state index contributed by atoms with van der Waals surface area (Å²) in [4.78, 5) is 11.2. The van der Waals surface area contributed by atoms with Crippen molar-refractivity contribution in [1.29, 1.82) is 5.41 Å². The molecule has 0 aliphatic carbocycles. The molecule has 0 saturated carbocycles. The van der Waals surface area contributed by atoms with Crippen molar-refractivity contribution in [2.45, 2.75) is 26.4 Å². The number of hydrogen-bond donors (Lipinski definition) is 4. The van der Waals surface area contributed by atoms with Gasteiger partial charge in [-0.05, 0) is 36.7 Å². The molecule has 6 nitrogen and oxygen atoms in total. The number of alkyl carbamates (subject to hydrolysis) is 1. The summed E-state index contributed by atoms with van der Waals surface area (Å²) in [7, 11) is 0. The van der Waals surface area contributed by atoms with Crippen LogP contribution in [0.2, 0.25) is 0 Å². The normalized spacial score (nSPS) is 12.8. The van der Waals surface area contributed by atoms with E-state index < -0.39 is 11.7 Å². The third-order valence-electron chi connectivity index (χ3n) is 1.34. The largest absolute Gasteiger partial charge is 0.444 e. The molecule has 0 aromatic heterocycles. The number of nitrogens with one attached hydrogen (secondary N) is 2. The Balaban J connectivity index is 4.22. The number of nitrogens with two attached hydrogens (primary N) is 2. The summed E-state index contributed by atoms with van der Waals surface area (Å²) in [5.74, 6) is -0.191. The Morgan fingerprint density at radius 2 is 1.94 bits per heavy atom. The van der Waals surface area contributed by atoms with E-state index in [1.807, 2.05) is 0 Å². The van der Waals surface area contributed by atoms with Crippen molar-refractivity contribution >= 4 is 27.9 Å². The summed E-state index contributed by atoms with van der Waals surface area (Å²) in [6.07, 6.45) is -0.570. The van der Waals surface area contributed by atoms with Crippen LogP contribution in [0.25, 0.3) is 0 Å². The molecule has 0 bridgehead atoms. The molecule has 0 heterocycles. The summed E-state index contributed by atoms with van der Waals surface area (Å²) in [6.45, 7) is 5.35. The van der Waals surface area contributed by atoms with E-state index in [0.717, 1.165) is 0 Å². The van der Waals surface area contributed by atoms with E-state index in [1.165, 1.54) is 0 Å². The van der Waals surface area contributed by atoms with Crippen LogP contribution in [0.5, 0.6) is 0 Å². The van der Waals surface area contributed by atoms with Gasteiger partial charge in [-0.2, -0.15) is 0 Å². The number of amides is 1. The number of ether oxygens (including phenoxy) is 1. The Bertz CT molecular complexity index is 320. The number of halogens is 1. The maximum absolute atomic E-state index is 11.2. The molecule has 0 saturated heterocycles. The summed E-state index contributed by atoms with van der Waals surface area (Å²) in [6, 6.07) is 0. The maximum atomic E-state index is 11.2. The zero-order valence-electron chi connectivity index (χ0n) is 9.56. The number of rotatable bonds is 3. The molecule has 0 fully saturated rings. The van der Waals surface area contributed by atoms with E-state index in [4.69, 9.17) is 21.6 Å². The molecule has 0 aromatic rings. The fourth-order valence-corrected chi connectivity index (χ4v) is 0.872. The third-order valence-corrected chi connectivity index (χ3v) is 2.28. The second-order valence-corrected chi connectivity index (χ2v) is 4.90. The van der Waals surface area contributed by atoms with Crippen LogP contribution >= 0.6 is 15.9 Å². The van der Waals surface area contributed by atoms with Crippen molar-refractivity contribution < 1.29 is 9.53 Å². The van der Waals surface area contributed by atoms with Gasteiger partial charge < -0.3 is 21.5 Å². The van der Waals surface area contributed by atoms with Gasteiger partial charge in [-0.3, -0.25) is 5.41 Å². The summed E-state index contributed by atoms with van der Waals surface area (Å²) >= 11 is 3.03. The zero-order valence-corrected chi connectivity index (χ0v) is 11.1. The number of carbonyl (C=O) groups is 1. The second-order valence-electron chi connectivity index (χ2n) is 4.11. The van der Waals surface area contributed by atoms with Gasteiger partial charge in [-0.1, -0.05) is 0 Å². The molecule has 0 spiro atoms. The minimum absolute atomic E-state index is 0.0646. The van der Waals surface area contributed by atoms with Gasteiger partial charge in [0.15, 0.2) is 0 Å². The lowest BCUT2D eigenvalue weighted by Gasteiger charge is -2.19. The van der Waals surface area contributed by atoms with Crippen molar-refractivity contribution in [2.24, 2.45) is 11.5 Å². The molecule has 6 N–H and O–H groups in total. The van der Waals surface area contributed by atoms with E-state index in [-0.39, 0.29) is 22.6 Å². The first-order chi connectivity index (χ1) is 7.13. The van der Waals surface area contributed by atoms with Crippen LogP contribution in [0, 0.1) is 5.41 Å². The van der Waals surface area contributed by atoms with Gasteiger partial charge in [0.25, 0.3) is 0 Å². The molecule has 7 heteroatoms. The molecule has 92 valence electrons. The first-order valence-corrected chi connectivity index (χ1v) is 5.38. The van der Waals surface area contributed by atoms with Gasteiger partial charge in [-0.25, -0.2) is 4.79 Å². The van der Waals surface area contributed by atoms with Gasteiger partial charge in [0.05, 0.1) is 11.0 Å². The highest BCUT2D eigenvalue weighted by Gasteiger charge is 2.16. The van der Waals surface area contributed by atoms with Gasteiger partial charge >= 0.3 is 6.09 Å². The summed E-state index contributed by atoms with van der Waals surface area (Å²) < 4.78 is 5.27. The summed E-state index contributed by atoms with van der Waals surface area (Å²) in [5.41, 5.74) is 10.5. The third kappa shape index (κ3) is 6.28. The van der Waals surface area contributed by atoms with E-state index in [2.05, 4.69) is 21.2 Å². The zero-order chi connectivity index (χ0) is 12.9. The van der Waals surface area contributed by atoms with Gasteiger partial charge in [-0.15, -0.1) is 0 Å². The standard InChI is InChI=1S/C9H17BrN4O2/c1-9(2,3)16-8(15)14-4-5(11)6(10)7(12)13/h4,11H2,1-3H3,(H3,12,13)(H,14,15). The van der Waals surface area contributed by atoms with Crippen LogP contribution in [0.3, 0.4) is 0 Å². The lowest BCUT2D eigenvalue weighted by molar-refractivity contribution is 0.0532. The molecule has 16 heavy (non-hydrogen) atoms. The monoisotopic (exact) mass is 292 g/mol. The molecule has 0 unspecified atom stereocenters. The molecule has 0 atom stereocenters. The quantitative estimate of drug-likeness (QED) is 0.459. The maximum Gasteiger partial charge on any atom is 0.407 e. The van der Waals surface area contributed by atoms with Gasteiger partial charge in [0, 0.05) is 5.70 Å². The fraction of sp³-hybridized carbons (Fsp3) is 0.556. The van der Waals surface area contributed by atoms with Crippen LogP contribution in [-0.4, -0.2) is 24.1 Å². The van der Waals surface area contributed by atoms with Crippen LogP contribution in [0.15, 0.2) is 10.2 Å². The first-order valence-electron chi connectivity index (χ1n) is 4.59. The molecule has 0 rings (SSSR count). The lowest BCUT2D eigenvalue weighted by atomic mass is 10.2. The Hall–Kier alpha value is -1.24. The van der Waals surface area contributed by atoms with E-state index in [0.29, 0.717) is 0 Å². The predicted octanol–water partition coefficient (Wildman–Crippen LogP) is 1.01. The summed E-state index contributed by atoms with van der Waals surface area (Å²) in [5, 5.41) is 9.56. The molecule has 1 amide bonds. The van der Waals surface area contributed by atoms with Crippen LogP contribution < -0.4 is 16.8 Å². The molecule has 0 radical (unpaired) electrons. The Morgan fingerprint density at radius 1 is 1.44 bits per heavy atom. The smallest absolute Gasteiger partial charge is 0.407 e. The van der Waals surface area contributed by atoms with Crippen LogP contribution in [0.4, 0.5) is 4.79 Å². The van der Waals surface area contributed by atoms with Crippen molar-refractivity contribution in [3.63, 3.8) is 0 Å². The minimum atomic E-state index is -0.570. The highest BCUT2D eigenvalue weighted by molar-refractivity contribution is 9.12. The van der Waals surface area contributed by atoms with Gasteiger partial charge in [0.1, 0.15) is 11.4 Å². The van der Waals surface area contributed by atoms with E-state index in [9.17, 15) is 4.79 Å². The average molecular weight is 293 g/mol. The number of carbonyl (C=O) groups excluding carboxylic acids is 1. The molecule has 0 aromatic carbocycles. The first kappa shape index (κ1) is 14.8.